The standard InChI is InChI=1S/C15H21N3O3/c1-10-4-5-13(12(8-10)14(19)20)16-15(21)18-7-6-17(3)9-11(18)2/h4-5,8,11H,6-7,9H2,1-3H3,(H,16,21)(H,19,20). The first-order valence-corrected chi connectivity index (χ1v) is 6.98. The van der Waals surface area contributed by atoms with Gasteiger partial charge in [-0.15, -0.1) is 0 Å². The normalized spacial score (nSPS) is 19.4. The Morgan fingerprint density at radius 2 is 2.05 bits per heavy atom. The number of amides is 2. The van der Waals surface area contributed by atoms with Gasteiger partial charge in [0, 0.05) is 25.7 Å². The summed E-state index contributed by atoms with van der Waals surface area (Å²) in [6.45, 7) is 6.07. The van der Waals surface area contributed by atoms with Gasteiger partial charge in [-0.05, 0) is 33.0 Å². The molecule has 1 atom stereocenters. The van der Waals surface area contributed by atoms with E-state index in [9.17, 15) is 14.7 Å². The van der Waals surface area contributed by atoms with Crippen molar-refractivity contribution in [2.45, 2.75) is 19.9 Å². The molecule has 21 heavy (non-hydrogen) atoms. The fourth-order valence-corrected chi connectivity index (χ4v) is 2.57. The van der Waals surface area contributed by atoms with Crippen molar-refractivity contribution in [3.8, 4) is 0 Å². The highest BCUT2D eigenvalue weighted by Crippen LogP contribution is 2.19. The maximum absolute atomic E-state index is 12.3. The fourth-order valence-electron chi connectivity index (χ4n) is 2.57. The lowest BCUT2D eigenvalue weighted by Gasteiger charge is -2.38. The summed E-state index contributed by atoms with van der Waals surface area (Å²) in [5.41, 5.74) is 1.30. The van der Waals surface area contributed by atoms with Crippen LogP contribution in [-0.4, -0.2) is 59.6 Å². The van der Waals surface area contributed by atoms with E-state index in [1.165, 1.54) is 0 Å². The zero-order valence-corrected chi connectivity index (χ0v) is 12.6. The van der Waals surface area contributed by atoms with Crippen molar-refractivity contribution in [1.82, 2.24) is 9.80 Å². The molecule has 114 valence electrons. The summed E-state index contributed by atoms with van der Waals surface area (Å²) in [5, 5.41) is 12.0. The number of carbonyl (C=O) groups excluding carboxylic acids is 1. The molecule has 1 aromatic rings. The highest BCUT2D eigenvalue weighted by Gasteiger charge is 2.26. The monoisotopic (exact) mass is 291 g/mol. The van der Waals surface area contributed by atoms with Gasteiger partial charge in [-0.1, -0.05) is 11.6 Å². The first-order valence-electron chi connectivity index (χ1n) is 6.98. The molecule has 1 aromatic carbocycles. The van der Waals surface area contributed by atoms with Crippen LogP contribution in [0.15, 0.2) is 18.2 Å². The van der Waals surface area contributed by atoms with Gasteiger partial charge in [0.1, 0.15) is 0 Å². The average Bonchev–Trinajstić information content (AvgIpc) is 2.40. The van der Waals surface area contributed by atoms with Crippen LogP contribution < -0.4 is 5.32 Å². The molecule has 6 nitrogen and oxygen atoms in total. The van der Waals surface area contributed by atoms with Crippen LogP contribution in [-0.2, 0) is 0 Å². The lowest BCUT2D eigenvalue weighted by molar-refractivity contribution is 0.0698. The molecule has 0 aliphatic carbocycles. The van der Waals surface area contributed by atoms with Crippen LogP contribution in [0.25, 0.3) is 0 Å². The second kappa shape index (κ2) is 6.13. The molecule has 0 radical (unpaired) electrons. The number of nitrogens with zero attached hydrogens (tertiary/aromatic N) is 2. The third-order valence-corrected chi connectivity index (χ3v) is 3.74. The van der Waals surface area contributed by atoms with Crippen LogP contribution in [0.1, 0.15) is 22.8 Å². The number of carboxylic acid groups (broad SMARTS) is 1. The molecule has 0 bridgehead atoms. The van der Waals surface area contributed by atoms with Crippen LogP contribution in [0, 0.1) is 6.92 Å². The number of carbonyl (C=O) groups is 2. The average molecular weight is 291 g/mol. The van der Waals surface area contributed by atoms with Gasteiger partial charge in [-0.2, -0.15) is 0 Å². The molecule has 2 rings (SSSR count). The van der Waals surface area contributed by atoms with Crippen molar-refractivity contribution in [3.05, 3.63) is 29.3 Å². The number of likely N-dealkylation sites (N-methyl/N-ethyl adjacent to an activating group) is 1. The summed E-state index contributed by atoms with van der Waals surface area (Å²) in [5.74, 6) is -1.04. The molecule has 0 saturated carbocycles. The Hall–Kier alpha value is -2.08. The highest BCUT2D eigenvalue weighted by atomic mass is 16.4. The predicted molar refractivity (Wildman–Crippen MR) is 80.8 cm³/mol. The summed E-state index contributed by atoms with van der Waals surface area (Å²) in [4.78, 5) is 27.5. The molecular formula is C15H21N3O3. The number of benzene rings is 1. The second-order valence-corrected chi connectivity index (χ2v) is 5.59. The summed E-state index contributed by atoms with van der Waals surface area (Å²) in [7, 11) is 2.02. The van der Waals surface area contributed by atoms with E-state index in [0.29, 0.717) is 12.2 Å². The van der Waals surface area contributed by atoms with E-state index in [1.807, 2.05) is 20.9 Å². The van der Waals surface area contributed by atoms with Crippen LogP contribution in [0.5, 0.6) is 0 Å². The van der Waals surface area contributed by atoms with Gasteiger partial charge in [0.25, 0.3) is 0 Å². The van der Waals surface area contributed by atoms with Crippen LogP contribution >= 0.6 is 0 Å². The Morgan fingerprint density at radius 1 is 1.33 bits per heavy atom. The largest absolute Gasteiger partial charge is 0.478 e. The van der Waals surface area contributed by atoms with Crippen LogP contribution in [0.2, 0.25) is 0 Å². The zero-order chi connectivity index (χ0) is 15.6. The molecule has 1 heterocycles. The molecule has 2 amide bonds. The van der Waals surface area contributed by atoms with Gasteiger partial charge >= 0.3 is 12.0 Å². The summed E-state index contributed by atoms with van der Waals surface area (Å²) < 4.78 is 0. The van der Waals surface area contributed by atoms with E-state index in [0.717, 1.165) is 18.7 Å². The van der Waals surface area contributed by atoms with Gasteiger partial charge < -0.3 is 20.2 Å². The second-order valence-electron chi connectivity index (χ2n) is 5.59. The van der Waals surface area contributed by atoms with Gasteiger partial charge in [0.15, 0.2) is 0 Å². The molecule has 6 heteroatoms. The molecule has 1 aliphatic heterocycles. The SMILES string of the molecule is Cc1ccc(NC(=O)N2CCN(C)CC2C)c(C(=O)O)c1. The number of aromatic carboxylic acids is 1. The smallest absolute Gasteiger partial charge is 0.337 e. The minimum atomic E-state index is -1.04. The van der Waals surface area contributed by atoms with Crippen LogP contribution in [0.4, 0.5) is 10.5 Å². The summed E-state index contributed by atoms with van der Waals surface area (Å²) in [6.07, 6.45) is 0. The first-order chi connectivity index (χ1) is 9.88. The molecular weight excluding hydrogens is 270 g/mol. The molecule has 0 spiro atoms. The van der Waals surface area contributed by atoms with E-state index in [1.54, 1.807) is 23.1 Å². The summed E-state index contributed by atoms with van der Waals surface area (Å²) >= 11 is 0. The molecule has 1 unspecified atom stereocenters. The first kappa shape index (κ1) is 15.3. The van der Waals surface area contributed by atoms with Gasteiger partial charge in [-0.25, -0.2) is 9.59 Å². The number of piperazine rings is 1. The zero-order valence-electron chi connectivity index (χ0n) is 12.6. The maximum atomic E-state index is 12.3. The number of carboxylic acids is 1. The predicted octanol–water partition coefficient (Wildman–Crippen LogP) is 1.86. The third kappa shape index (κ3) is 3.52. The Balaban J connectivity index is 2.14. The fraction of sp³-hybridized carbons (Fsp3) is 0.467. The number of hydrogen-bond donors (Lipinski definition) is 2. The van der Waals surface area contributed by atoms with Crippen molar-refractivity contribution in [2.75, 3.05) is 32.0 Å². The lowest BCUT2D eigenvalue weighted by atomic mass is 10.1. The van der Waals surface area contributed by atoms with Gasteiger partial charge in [-0.3, -0.25) is 0 Å². The van der Waals surface area contributed by atoms with Gasteiger partial charge in [0.2, 0.25) is 0 Å². The van der Waals surface area contributed by atoms with Crippen molar-refractivity contribution >= 4 is 17.7 Å². The Morgan fingerprint density at radius 3 is 2.67 bits per heavy atom. The third-order valence-electron chi connectivity index (χ3n) is 3.74. The number of urea groups is 1. The van der Waals surface area contributed by atoms with Crippen LogP contribution in [0.3, 0.4) is 0 Å². The Labute approximate surface area is 124 Å². The number of anilines is 1. The number of hydrogen-bond acceptors (Lipinski definition) is 3. The minimum Gasteiger partial charge on any atom is -0.478 e. The molecule has 1 fully saturated rings. The van der Waals surface area contributed by atoms with Crippen molar-refractivity contribution in [2.24, 2.45) is 0 Å². The number of aryl methyl sites for hydroxylation is 1. The number of nitrogens with one attached hydrogen (secondary N) is 1. The Kier molecular flexibility index (Phi) is 4.47. The van der Waals surface area contributed by atoms with E-state index < -0.39 is 5.97 Å². The molecule has 0 aromatic heterocycles. The topological polar surface area (TPSA) is 72.9 Å². The van der Waals surface area contributed by atoms with Crippen molar-refractivity contribution in [1.29, 1.82) is 0 Å². The highest BCUT2D eigenvalue weighted by molar-refractivity contribution is 6.00. The lowest BCUT2D eigenvalue weighted by Crippen LogP contribution is -2.54. The van der Waals surface area contributed by atoms with E-state index in [4.69, 9.17) is 0 Å². The number of rotatable bonds is 2. The summed E-state index contributed by atoms with van der Waals surface area (Å²) in [6, 6.07) is 4.84. The Bertz CT molecular complexity index is 559. The maximum Gasteiger partial charge on any atom is 0.337 e. The van der Waals surface area contributed by atoms with E-state index >= 15 is 0 Å². The molecule has 1 saturated heterocycles. The molecule has 2 N–H and O–H groups in total. The van der Waals surface area contributed by atoms with E-state index in [2.05, 4.69) is 10.2 Å². The van der Waals surface area contributed by atoms with Gasteiger partial charge in [0.05, 0.1) is 11.3 Å². The van der Waals surface area contributed by atoms with E-state index in [-0.39, 0.29) is 17.6 Å². The molecule has 1 aliphatic rings. The quantitative estimate of drug-likeness (QED) is 0.872. The van der Waals surface area contributed by atoms with Crippen molar-refractivity contribution in [3.63, 3.8) is 0 Å². The minimum absolute atomic E-state index is 0.0995. The van der Waals surface area contributed by atoms with Crippen molar-refractivity contribution < 1.29 is 14.7 Å².